The molecule has 2 rings (SSSR count). The minimum absolute atomic E-state index is 0.315. The zero-order chi connectivity index (χ0) is 12.5. The molecule has 2 unspecified atom stereocenters. The summed E-state index contributed by atoms with van der Waals surface area (Å²) in [6.45, 7) is 10.6. The number of hydrogen-bond donors (Lipinski definition) is 1. The van der Waals surface area contributed by atoms with Gasteiger partial charge in [-0.25, -0.2) is 0 Å². The van der Waals surface area contributed by atoms with Crippen LogP contribution in [0.1, 0.15) is 59.3 Å². The van der Waals surface area contributed by atoms with Crippen LogP contribution in [0.15, 0.2) is 0 Å². The van der Waals surface area contributed by atoms with Crippen LogP contribution in [-0.2, 0) is 0 Å². The van der Waals surface area contributed by atoms with Crippen LogP contribution in [0.25, 0.3) is 0 Å². The summed E-state index contributed by atoms with van der Waals surface area (Å²) >= 11 is 0. The van der Waals surface area contributed by atoms with Crippen molar-refractivity contribution in [1.82, 2.24) is 4.90 Å². The maximum atomic E-state index is 6.21. The van der Waals surface area contributed by atoms with Crippen molar-refractivity contribution in [1.29, 1.82) is 0 Å². The van der Waals surface area contributed by atoms with Gasteiger partial charge < -0.3 is 5.73 Å². The molecule has 0 aromatic heterocycles. The van der Waals surface area contributed by atoms with Gasteiger partial charge >= 0.3 is 0 Å². The van der Waals surface area contributed by atoms with Gasteiger partial charge in [0.15, 0.2) is 0 Å². The minimum atomic E-state index is 0.315. The largest absolute Gasteiger partial charge is 0.329 e. The van der Waals surface area contributed by atoms with E-state index in [2.05, 4.69) is 25.7 Å². The number of rotatable bonds is 2. The van der Waals surface area contributed by atoms with Gasteiger partial charge in [-0.15, -0.1) is 0 Å². The second kappa shape index (κ2) is 4.89. The lowest BCUT2D eigenvalue weighted by Gasteiger charge is -2.54. The summed E-state index contributed by atoms with van der Waals surface area (Å²) in [5.74, 6) is 0.773. The fourth-order valence-electron chi connectivity index (χ4n) is 4.10. The van der Waals surface area contributed by atoms with Crippen molar-refractivity contribution >= 4 is 0 Å². The van der Waals surface area contributed by atoms with Gasteiger partial charge in [-0.05, 0) is 43.6 Å². The number of hydrogen-bond acceptors (Lipinski definition) is 2. The Morgan fingerprint density at radius 1 is 1.18 bits per heavy atom. The molecule has 2 N–H and O–H groups in total. The van der Waals surface area contributed by atoms with Gasteiger partial charge in [0.05, 0.1) is 0 Å². The Morgan fingerprint density at radius 2 is 1.94 bits per heavy atom. The maximum Gasteiger partial charge on any atom is 0.0357 e. The number of likely N-dealkylation sites (tertiary alicyclic amines) is 1. The summed E-state index contributed by atoms with van der Waals surface area (Å²) < 4.78 is 0. The van der Waals surface area contributed by atoms with E-state index in [1.54, 1.807) is 0 Å². The third-order valence-corrected chi connectivity index (χ3v) is 5.30. The molecular weight excluding hydrogens is 208 g/mol. The standard InChI is InChI=1S/C15H30N2/c1-13-7-4-5-9-15(13,11-16)17-10-6-8-14(2,3)12-17/h13H,4-12,16H2,1-3H3. The van der Waals surface area contributed by atoms with Crippen LogP contribution in [0, 0.1) is 11.3 Å². The van der Waals surface area contributed by atoms with E-state index >= 15 is 0 Å². The average molecular weight is 238 g/mol. The normalized spacial score (nSPS) is 39.2. The molecule has 0 aromatic rings. The Kier molecular flexibility index (Phi) is 3.84. The quantitative estimate of drug-likeness (QED) is 0.801. The molecular formula is C15H30N2. The smallest absolute Gasteiger partial charge is 0.0357 e. The lowest BCUT2D eigenvalue weighted by atomic mass is 9.70. The first-order valence-corrected chi connectivity index (χ1v) is 7.45. The predicted octanol–water partition coefficient (Wildman–Crippen LogP) is 3.02. The van der Waals surface area contributed by atoms with E-state index in [0.29, 0.717) is 11.0 Å². The highest BCUT2D eigenvalue weighted by molar-refractivity contribution is 5.00. The molecule has 1 aliphatic carbocycles. The molecule has 1 aliphatic heterocycles. The van der Waals surface area contributed by atoms with E-state index in [1.807, 2.05) is 0 Å². The molecule has 1 saturated carbocycles. The van der Waals surface area contributed by atoms with Crippen LogP contribution >= 0.6 is 0 Å². The van der Waals surface area contributed by atoms with Crippen molar-refractivity contribution < 1.29 is 0 Å². The molecule has 0 amide bonds. The third-order valence-electron chi connectivity index (χ3n) is 5.30. The number of nitrogens with two attached hydrogens (primary N) is 1. The molecule has 100 valence electrons. The van der Waals surface area contributed by atoms with Crippen molar-refractivity contribution in [3.8, 4) is 0 Å². The lowest BCUT2D eigenvalue weighted by Crippen LogP contribution is -2.62. The van der Waals surface area contributed by atoms with Crippen LogP contribution in [0.4, 0.5) is 0 Å². The molecule has 0 bridgehead atoms. The molecule has 2 fully saturated rings. The van der Waals surface area contributed by atoms with Gasteiger partial charge in [-0.1, -0.05) is 33.6 Å². The minimum Gasteiger partial charge on any atom is -0.329 e. The van der Waals surface area contributed by atoms with E-state index in [0.717, 1.165) is 12.5 Å². The highest BCUT2D eigenvalue weighted by Crippen LogP contribution is 2.41. The van der Waals surface area contributed by atoms with Crippen molar-refractivity contribution in [2.24, 2.45) is 17.1 Å². The molecule has 0 spiro atoms. The van der Waals surface area contributed by atoms with E-state index in [1.165, 1.54) is 51.6 Å². The van der Waals surface area contributed by atoms with E-state index in [9.17, 15) is 0 Å². The van der Waals surface area contributed by atoms with Crippen molar-refractivity contribution in [3.63, 3.8) is 0 Å². The zero-order valence-electron chi connectivity index (χ0n) is 12.0. The van der Waals surface area contributed by atoms with Gasteiger partial charge in [0, 0.05) is 18.6 Å². The van der Waals surface area contributed by atoms with Crippen LogP contribution in [0.5, 0.6) is 0 Å². The lowest BCUT2D eigenvalue weighted by molar-refractivity contribution is -0.0333. The van der Waals surface area contributed by atoms with Crippen molar-refractivity contribution in [2.75, 3.05) is 19.6 Å². The molecule has 2 nitrogen and oxygen atoms in total. The van der Waals surface area contributed by atoms with Crippen LogP contribution in [0.3, 0.4) is 0 Å². The number of piperidine rings is 1. The first-order valence-electron chi connectivity index (χ1n) is 7.45. The fourth-order valence-corrected chi connectivity index (χ4v) is 4.10. The molecule has 0 radical (unpaired) electrons. The van der Waals surface area contributed by atoms with Gasteiger partial charge in [0.25, 0.3) is 0 Å². The second-order valence-corrected chi connectivity index (χ2v) is 7.14. The monoisotopic (exact) mass is 238 g/mol. The Hall–Kier alpha value is -0.0800. The highest BCUT2D eigenvalue weighted by atomic mass is 15.2. The Balaban J connectivity index is 2.16. The Morgan fingerprint density at radius 3 is 2.53 bits per heavy atom. The van der Waals surface area contributed by atoms with Gasteiger partial charge in [0.1, 0.15) is 0 Å². The molecule has 0 aromatic carbocycles. The molecule has 2 heteroatoms. The SMILES string of the molecule is CC1CCCCC1(CN)N1CCCC(C)(C)C1. The molecule has 1 saturated heterocycles. The summed E-state index contributed by atoms with van der Waals surface area (Å²) in [7, 11) is 0. The van der Waals surface area contributed by atoms with Crippen molar-refractivity contribution in [3.05, 3.63) is 0 Å². The molecule has 2 aliphatic rings. The fraction of sp³-hybridized carbons (Fsp3) is 1.00. The topological polar surface area (TPSA) is 29.3 Å². The summed E-state index contributed by atoms with van der Waals surface area (Å²) in [5, 5.41) is 0. The Bertz CT molecular complexity index is 262. The molecule has 2 atom stereocenters. The number of nitrogens with zero attached hydrogens (tertiary/aromatic N) is 1. The summed E-state index contributed by atoms with van der Waals surface area (Å²) in [6.07, 6.45) is 8.19. The first kappa shape index (κ1) is 13.4. The van der Waals surface area contributed by atoms with Crippen molar-refractivity contribution in [2.45, 2.75) is 64.8 Å². The average Bonchev–Trinajstić information content (AvgIpc) is 2.28. The van der Waals surface area contributed by atoms with Crippen LogP contribution < -0.4 is 5.73 Å². The predicted molar refractivity (Wildman–Crippen MR) is 74.0 cm³/mol. The third kappa shape index (κ3) is 2.53. The van der Waals surface area contributed by atoms with Gasteiger partial charge in [0.2, 0.25) is 0 Å². The Labute approximate surface area is 107 Å². The van der Waals surface area contributed by atoms with E-state index < -0.39 is 0 Å². The molecule has 1 heterocycles. The molecule has 17 heavy (non-hydrogen) atoms. The highest BCUT2D eigenvalue weighted by Gasteiger charge is 2.44. The zero-order valence-corrected chi connectivity index (χ0v) is 12.0. The maximum absolute atomic E-state index is 6.21. The van der Waals surface area contributed by atoms with E-state index in [4.69, 9.17) is 5.73 Å². The second-order valence-electron chi connectivity index (χ2n) is 7.14. The van der Waals surface area contributed by atoms with Crippen LogP contribution in [-0.4, -0.2) is 30.1 Å². The van der Waals surface area contributed by atoms with E-state index in [-0.39, 0.29) is 0 Å². The summed E-state index contributed by atoms with van der Waals surface area (Å²) in [6, 6.07) is 0. The van der Waals surface area contributed by atoms with Gasteiger partial charge in [-0.2, -0.15) is 0 Å². The van der Waals surface area contributed by atoms with Gasteiger partial charge in [-0.3, -0.25) is 4.90 Å². The summed E-state index contributed by atoms with van der Waals surface area (Å²) in [5.41, 5.74) is 7.01. The van der Waals surface area contributed by atoms with Crippen LogP contribution in [0.2, 0.25) is 0 Å². The first-order chi connectivity index (χ1) is 8.00. The summed E-state index contributed by atoms with van der Waals surface area (Å²) in [4.78, 5) is 2.75.